The number of benzene rings is 3. The molecule has 0 bridgehead atoms. The third-order valence-electron chi connectivity index (χ3n) is 3.85. The van der Waals surface area contributed by atoms with Crippen LogP contribution in [0.5, 0.6) is 17.2 Å². The molecule has 0 amide bonds. The van der Waals surface area contributed by atoms with Crippen LogP contribution < -0.4 is 9.47 Å². The van der Waals surface area contributed by atoms with Gasteiger partial charge in [0.1, 0.15) is 23.3 Å². The SMILES string of the molecule is COc1ccc(-c2ccc(Oc3cccc(C)c3C#N)cc2)cc1. The maximum Gasteiger partial charge on any atom is 0.145 e. The number of hydrogen-bond donors (Lipinski definition) is 0. The molecule has 3 nitrogen and oxygen atoms in total. The minimum absolute atomic E-state index is 0.566. The number of nitrogens with zero attached hydrogens (tertiary/aromatic N) is 1. The zero-order valence-electron chi connectivity index (χ0n) is 13.6. The Labute approximate surface area is 141 Å². The van der Waals surface area contributed by atoms with Crippen molar-refractivity contribution >= 4 is 0 Å². The summed E-state index contributed by atoms with van der Waals surface area (Å²) in [5, 5.41) is 9.27. The topological polar surface area (TPSA) is 42.2 Å². The molecule has 3 heteroatoms. The minimum atomic E-state index is 0.566. The molecule has 3 aromatic carbocycles. The number of aryl methyl sites for hydroxylation is 1. The summed E-state index contributed by atoms with van der Waals surface area (Å²) >= 11 is 0. The first-order valence-electron chi connectivity index (χ1n) is 7.63. The Morgan fingerprint density at radius 2 is 1.38 bits per heavy atom. The highest BCUT2D eigenvalue weighted by Gasteiger charge is 2.07. The van der Waals surface area contributed by atoms with E-state index in [4.69, 9.17) is 9.47 Å². The molecule has 0 fully saturated rings. The first kappa shape index (κ1) is 15.6. The van der Waals surface area contributed by atoms with E-state index in [-0.39, 0.29) is 0 Å². The first-order chi connectivity index (χ1) is 11.7. The van der Waals surface area contributed by atoms with Crippen LogP contribution in [0, 0.1) is 18.3 Å². The third-order valence-corrected chi connectivity index (χ3v) is 3.85. The second-order valence-corrected chi connectivity index (χ2v) is 5.41. The molecule has 0 heterocycles. The van der Waals surface area contributed by atoms with Crippen molar-refractivity contribution in [3.63, 3.8) is 0 Å². The molecule has 24 heavy (non-hydrogen) atoms. The summed E-state index contributed by atoms with van der Waals surface area (Å²) in [5.41, 5.74) is 3.67. The Morgan fingerprint density at radius 3 is 1.92 bits per heavy atom. The van der Waals surface area contributed by atoms with E-state index >= 15 is 0 Å². The van der Waals surface area contributed by atoms with Crippen molar-refractivity contribution in [3.05, 3.63) is 77.9 Å². The number of nitriles is 1. The molecular weight excluding hydrogens is 298 g/mol. The highest BCUT2D eigenvalue weighted by Crippen LogP contribution is 2.29. The Kier molecular flexibility index (Phi) is 4.49. The third kappa shape index (κ3) is 3.23. The van der Waals surface area contributed by atoms with Gasteiger partial charge in [0.05, 0.1) is 12.7 Å². The molecule has 118 valence electrons. The summed E-state index contributed by atoms with van der Waals surface area (Å²) in [6.45, 7) is 1.90. The molecule has 0 spiro atoms. The van der Waals surface area contributed by atoms with Crippen molar-refractivity contribution < 1.29 is 9.47 Å². The molecule has 0 atom stereocenters. The summed E-state index contributed by atoms with van der Waals surface area (Å²) < 4.78 is 11.0. The van der Waals surface area contributed by atoms with Crippen molar-refractivity contribution in [2.45, 2.75) is 6.92 Å². The zero-order chi connectivity index (χ0) is 16.9. The average molecular weight is 315 g/mol. The van der Waals surface area contributed by atoms with Crippen LogP contribution in [0.2, 0.25) is 0 Å². The fourth-order valence-corrected chi connectivity index (χ4v) is 2.50. The molecule has 0 saturated carbocycles. The molecule has 0 radical (unpaired) electrons. The quantitative estimate of drug-likeness (QED) is 0.653. The van der Waals surface area contributed by atoms with Crippen molar-refractivity contribution in [2.24, 2.45) is 0 Å². The molecule has 0 unspecified atom stereocenters. The maximum absolute atomic E-state index is 9.27. The molecule has 0 N–H and O–H groups in total. The van der Waals surface area contributed by atoms with Gasteiger partial charge in [0.2, 0.25) is 0 Å². The van der Waals surface area contributed by atoms with Gasteiger partial charge in [-0.2, -0.15) is 5.26 Å². The van der Waals surface area contributed by atoms with Crippen LogP contribution in [0.15, 0.2) is 66.7 Å². The average Bonchev–Trinajstić information content (AvgIpc) is 2.63. The second kappa shape index (κ2) is 6.89. The molecule has 0 aliphatic carbocycles. The van der Waals surface area contributed by atoms with Crippen molar-refractivity contribution in [2.75, 3.05) is 7.11 Å². The fraction of sp³-hybridized carbons (Fsp3) is 0.0952. The largest absolute Gasteiger partial charge is 0.497 e. The van der Waals surface area contributed by atoms with E-state index in [2.05, 4.69) is 6.07 Å². The lowest BCUT2D eigenvalue weighted by Gasteiger charge is -2.10. The van der Waals surface area contributed by atoms with E-state index in [1.54, 1.807) is 7.11 Å². The van der Waals surface area contributed by atoms with E-state index in [0.717, 1.165) is 22.4 Å². The molecule has 3 rings (SSSR count). The van der Waals surface area contributed by atoms with Crippen LogP contribution in [0.25, 0.3) is 11.1 Å². The van der Waals surface area contributed by atoms with Gasteiger partial charge in [0.25, 0.3) is 0 Å². The van der Waals surface area contributed by atoms with E-state index < -0.39 is 0 Å². The zero-order valence-corrected chi connectivity index (χ0v) is 13.6. The highest BCUT2D eigenvalue weighted by atomic mass is 16.5. The van der Waals surface area contributed by atoms with Crippen molar-refractivity contribution in [1.82, 2.24) is 0 Å². The molecule has 3 aromatic rings. The summed E-state index contributed by atoms with van der Waals surface area (Å²) in [6, 6.07) is 23.5. The predicted octanol–water partition coefficient (Wildman–Crippen LogP) is 5.33. The van der Waals surface area contributed by atoms with Crippen LogP contribution in [0.3, 0.4) is 0 Å². The van der Waals surface area contributed by atoms with Crippen molar-refractivity contribution in [3.8, 4) is 34.4 Å². The van der Waals surface area contributed by atoms with Gasteiger partial charge in [-0.1, -0.05) is 36.4 Å². The summed E-state index contributed by atoms with van der Waals surface area (Å²) in [7, 11) is 1.65. The summed E-state index contributed by atoms with van der Waals surface area (Å²) in [4.78, 5) is 0. The first-order valence-corrected chi connectivity index (χ1v) is 7.63. The van der Waals surface area contributed by atoms with Gasteiger partial charge in [-0.25, -0.2) is 0 Å². The number of methoxy groups -OCH3 is 1. The number of hydrogen-bond acceptors (Lipinski definition) is 3. The van der Waals surface area contributed by atoms with E-state index in [1.165, 1.54) is 0 Å². The summed E-state index contributed by atoms with van der Waals surface area (Å²) in [5.74, 6) is 2.12. The van der Waals surface area contributed by atoms with E-state index in [1.807, 2.05) is 73.7 Å². The van der Waals surface area contributed by atoms with Gasteiger partial charge in [-0.3, -0.25) is 0 Å². The van der Waals surface area contributed by atoms with Crippen LogP contribution >= 0.6 is 0 Å². The van der Waals surface area contributed by atoms with Crippen LogP contribution in [0.4, 0.5) is 0 Å². The monoisotopic (exact) mass is 315 g/mol. The lowest BCUT2D eigenvalue weighted by atomic mass is 10.1. The second-order valence-electron chi connectivity index (χ2n) is 5.41. The van der Waals surface area contributed by atoms with Crippen LogP contribution in [-0.2, 0) is 0 Å². The molecule has 0 aliphatic rings. The molecular formula is C21H17NO2. The van der Waals surface area contributed by atoms with Gasteiger partial charge in [0, 0.05) is 0 Å². The normalized spacial score (nSPS) is 10.0. The van der Waals surface area contributed by atoms with Gasteiger partial charge >= 0.3 is 0 Å². The van der Waals surface area contributed by atoms with Gasteiger partial charge in [0.15, 0.2) is 0 Å². The fourth-order valence-electron chi connectivity index (χ4n) is 2.50. The number of rotatable bonds is 4. The smallest absolute Gasteiger partial charge is 0.145 e. The minimum Gasteiger partial charge on any atom is -0.497 e. The lowest BCUT2D eigenvalue weighted by Crippen LogP contribution is -1.91. The molecule has 0 saturated heterocycles. The Hall–Kier alpha value is -3.25. The van der Waals surface area contributed by atoms with Crippen LogP contribution in [0.1, 0.15) is 11.1 Å². The highest BCUT2D eigenvalue weighted by molar-refractivity contribution is 5.65. The predicted molar refractivity (Wildman–Crippen MR) is 94.4 cm³/mol. The van der Waals surface area contributed by atoms with Crippen LogP contribution in [-0.4, -0.2) is 7.11 Å². The van der Waals surface area contributed by atoms with E-state index in [0.29, 0.717) is 17.1 Å². The molecule has 0 aromatic heterocycles. The Balaban J connectivity index is 1.82. The van der Waals surface area contributed by atoms with Gasteiger partial charge in [-0.15, -0.1) is 0 Å². The van der Waals surface area contributed by atoms with Gasteiger partial charge < -0.3 is 9.47 Å². The number of ether oxygens (including phenoxy) is 2. The van der Waals surface area contributed by atoms with Gasteiger partial charge in [-0.05, 0) is 53.9 Å². The maximum atomic E-state index is 9.27. The van der Waals surface area contributed by atoms with E-state index in [9.17, 15) is 5.26 Å². The summed E-state index contributed by atoms with van der Waals surface area (Å²) in [6.07, 6.45) is 0. The lowest BCUT2D eigenvalue weighted by molar-refractivity contribution is 0.415. The standard InChI is InChI=1S/C21H17NO2/c1-15-4-3-5-21(20(15)14-22)24-19-12-8-17(9-13-19)16-6-10-18(23-2)11-7-16/h3-13H,1-2H3. The molecule has 0 aliphatic heterocycles. The Bertz CT molecular complexity index is 875. The Morgan fingerprint density at radius 1 is 0.792 bits per heavy atom. The van der Waals surface area contributed by atoms with Crippen molar-refractivity contribution in [1.29, 1.82) is 5.26 Å².